The van der Waals surface area contributed by atoms with Gasteiger partial charge in [0.25, 0.3) is 0 Å². The molecule has 3 heteroatoms. The molecule has 2 aromatic heterocycles. The zero-order valence-corrected chi connectivity index (χ0v) is 8.86. The highest BCUT2D eigenvalue weighted by Gasteiger charge is 2.25. The maximum atomic E-state index is 10.2. The van der Waals surface area contributed by atoms with Gasteiger partial charge in [-0.25, -0.2) is 0 Å². The molecule has 0 spiro atoms. The van der Waals surface area contributed by atoms with Crippen molar-refractivity contribution in [1.29, 1.82) is 0 Å². The van der Waals surface area contributed by atoms with E-state index < -0.39 is 5.60 Å². The largest absolute Gasteiger partial charge is 0.381 e. The third kappa shape index (κ3) is 1.55. The predicted molar refractivity (Wildman–Crippen MR) is 57.3 cm³/mol. The van der Waals surface area contributed by atoms with Gasteiger partial charge < -0.3 is 5.11 Å². The lowest BCUT2D eigenvalue weighted by Crippen LogP contribution is -2.20. The van der Waals surface area contributed by atoms with E-state index in [2.05, 4.69) is 0 Å². The average Bonchev–Trinajstić information content (AvgIpc) is 2.78. The van der Waals surface area contributed by atoms with Crippen LogP contribution < -0.4 is 0 Å². The Morgan fingerprint density at radius 2 is 1.54 bits per heavy atom. The molecule has 0 aromatic carbocycles. The van der Waals surface area contributed by atoms with Gasteiger partial charge >= 0.3 is 0 Å². The van der Waals surface area contributed by atoms with Crippen LogP contribution in [0.1, 0.15) is 18.1 Å². The molecule has 13 heavy (non-hydrogen) atoms. The molecular formula is C10H10OS2. The first-order valence-corrected chi connectivity index (χ1v) is 5.87. The molecule has 0 aliphatic heterocycles. The van der Waals surface area contributed by atoms with Crippen molar-refractivity contribution in [3.05, 3.63) is 44.8 Å². The molecule has 0 saturated heterocycles. The summed E-state index contributed by atoms with van der Waals surface area (Å²) in [6.45, 7) is 1.83. The zero-order chi connectivity index (χ0) is 9.31. The number of rotatable bonds is 2. The monoisotopic (exact) mass is 210 g/mol. The first-order valence-electron chi connectivity index (χ1n) is 3.99. The van der Waals surface area contributed by atoms with Gasteiger partial charge in [0.1, 0.15) is 5.60 Å². The lowest BCUT2D eigenvalue weighted by atomic mass is 9.93. The van der Waals surface area contributed by atoms with Gasteiger partial charge in [0, 0.05) is 0 Å². The van der Waals surface area contributed by atoms with Crippen LogP contribution in [0.5, 0.6) is 0 Å². The van der Waals surface area contributed by atoms with E-state index in [9.17, 15) is 5.11 Å². The van der Waals surface area contributed by atoms with Crippen molar-refractivity contribution in [3.63, 3.8) is 0 Å². The van der Waals surface area contributed by atoms with E-state index in [1.807, 2.05) is 40.6 Å². The van der Waals surface area contributed by atoms with Crippen LogP contribution in [0.4, 0.5) is 0 Å². The molecule has 0 amide bonds. The number of hydrogen-bond acceptors (Lipinski definition) is 3. The molecular weight excluding hydrogens is 200 g/mol. The van der Waals surface area contributed by atoms with Gasteiger partial charge in [0.2, 0.25) is 0 Å². The summed E-state index contributed by atoms with van der Waals surface area (Å²) in [5.74, 6) is 0. The molecule has 68 valence electrons. The molecule has 2 aromatic rings. The summed E-state index contributed by atoms with van der Waals surface area (Å²) in [6, 6.07) is 3.92. The van der Waals surface area contributed by atoms with Gasteiger partial charge in [-0.05, 0) is 51.7 Å². The molecule has 0 radical (unpaired) electrons. The van der Waals surface area contributed by atoms with Crippen LogP contribution in [0.2, 0.25) is 0 Å². The van der Waals surface area contributed by atoms with Crippen molar-refractivity contribution in [2.45, 2.75) is 12.5 Å². The van der Waals surface area contributed by atoms with Crippen LogP contribution in [0.15, 0.2) is 33.7 Å². The van der Waals surface area contributed by atoms with Crippen molar-refractivity contribution in [1.82, 2.24) is 0 Å². The van der Waals surface area contributed by atoms with E-state index in [1.54, 1.807) is 22.7 Å². The Kier molecular flexibility index (Phi) is 2.24. The second kappa shape index (κ2) is 3.25. The Labute approximate surface area is 85.3 Å². The molecule has 1 N–H and O–H groups in total. The Balaban J connectivity index is 2.42. The fourth-order valence-corrected chi connectivity index (χ4v) is 2.77. The van der Waals surface area contributed by atoms with Gasteiger partial charge in [-0.1, -0.05) is 0 Å². The highest BCUT2D eigenvalue weighted by molar-refractivity contribution is 7.08. The first kappa shape index (κ1) is 8.94. The SMILES string of the molecule is CC(O)(c1ccsc1)c1ccsc1. The van der Waals surface area contributed by atoms with Gasteiger partial charge in [-0.2, -0.15) is 22.7 Å². The molecule has 1 nitrogen and oxygen atoms in total. The highest BCUT2D eigenvalue weighted by Crippen LogP contribution is 2.31. The third-order valence-corrected chi connectivity index (χ3v) is 3.53. The van der Waals surface area contributed by atoms with E-state index in [1.165, 1.54) is 0 Å². The average molecular weight is 210 g/mol. The topological polar surface area (TPSA) is 20.2 Å². The van der Waals surface area contributed by atoms with E-state index in [0.29, 0.717) is 0 Å². The third-order valence-electron chi connectivity index (χ3n) is 2.17. The van der Waals surface area contributed by atoms with E-state index >= 15 is 0 Å². The summed E-state index contributed by atoms with van der Waals surface area (Å²) in [7, 11) is 0. The minimum Gasteiger partial charge on any atom is -0.381 e. The highest BCUT2D eigenvalue weighted by atomic mass is 32.1. The first-order chi connectivity index (χ1) is 6.21. The fraction of sp³-hybridized carbons (Fsp3) is 0.200. The summed E-state index contributed by atoms with van der Waals surface area (Å²) in [5.41, 5.74) is 1.10. The van der Waals surface area contributed by atoms with Crippen molar-refractivity contribution in [2.24, 2.45) is 0 Å². The maximum Gasteiger partial charge on any atom is 0.113 e. The molecule has 0 saturated carbocycles. The van der Waals surface area contributed by atoms with E-state index in [4.69, 9.17) is 0 Å². The lowest BCUT2D eigenvalue weighted by Gasteiger charge is -2.21. The molecule has 0 aliphatic rings. The molecule has 2 heterocycles. The molecule has 0 aliphatic carbocycles. The van der Waals surface area contributed by atoms with Crippen molar-refractivity contribution < 1.29 is 5.11 Å². The van der Waals surface area contributed by atoms with Crippen LogP contribution in [-0.4, -0.2) is 5.11 Å². The van der Waals surface area contributed by atoms with Gasteiger partial charge in [-0.3, -0.25) is 0 Å². The van der Waals surface area contributed by atoms with Crippen LogP contribution in [0, 0.1) is 0 Å². The predicted octanol–water partition coefficient (Wildman–Crippen LogP) is 3.07. The summed E-state index contributed by atoms with van der Waals surface area (Å²) in [5, 5.41) is 18.2. The number of hydrogen-bond donors (Lipinski definition) is 1. The van der Waals surface area contributed by atoms with Crippen LogP contribution in [0.25, 0.3) is 0 Å². The molecule has 0 fully saturated rings. The Bertz CT molecular complexity index is 323. The normalized spacial score (nSPS) is 11.8. The van der Waals surface area contributed by atoms with Crippen LogP contribution in [-0.2, 0) is 5.60 Å². The summed E-state index contributed by atoms with van der Waals surface area (Å²) in [4.78, 5) is 0. The van der Waals surface area contributed by atoms with Crippen molar-refractivity contribution in [2.75, 3.05) is 0 Å². The number of aliphatic hydroxyl groups is 1. The van der Waals surface area contributed by atoms with Gasteiger partial charge in [-0.15, -0.1) is 0 Å². The molecule has 0 atom stereocenters. The van der Waals surface area contributed by atoms with Crippen molar-refractivity contribution in [3.8, 4) is 0 Å². The Morgan fingerprint density at radius 3 is 1.85 bits per heavy atom. The zero-order valence-electron chi connectivity index (χ0n) is 7.23. The quantitative estimate of drug-likeness (QED) is 0.807. The second-order valence-corrected chi connectivity index (χ2v) is 4.66. The maximum absolute atomic E-state index is 10.2. The summed E-state index contributed by atoms with van der Waals surface area (Å²) < 4.78 is 0. The molecule has 0 unspecified atom stereocenters. The minimum absolute atomic E-state index is 0.833. The number of thiophene rings is 2. The molecule has 2 rings (SSSR count). The second-order valence-electron chi connectivity index (χ2n) is 3.10. The Hall–Kier alpha value is -0.640. The summed E-state index contributed by atoms with van der Waals surface area (Å²) in [6.07, 6.45) is 0. The molecule has 0 bridgehead atoms. The van der Waals surface area contributed by atoms with Gasteiger partial charge in [0.15, 0.2) is 0 Å². The Morgan fingerprint density at radius 1 is 1.08 bits per heavy atom. The smallest absolute Gasteiger partial charge is 0.113 e. The fourth-order valence-electron chi connectivity index (χ4n) is 1.25. The summed E-state index contributed by atoms with van der Waals surface area (Å²) >= 11 is 3.21. The standard InChI is InChI=1S/C10H10OS2/c1-10(11,8-2-4-12-6-8)9-3-5-13-7-9/h2-7,11H,1H3. The van der Waals surface area contributed by atoms with E-state index in [-0.39, 0.29) is 0 Å². The van der Waals surface area contributed by atoms with Crippen molar-refractivity contribution >= 4 is 22.7 Å². The van der Waals surface area contributed by atoms with Gasteiger partial charge in [0.05, 0.1) is 0 Å². The van der Waals surface area contributed by atoms with Crippen LogP contribution >= 0.6 is 22.7 Å². The lowest BCUT2D eigenvalue weighted by molar-refractivity contribution is 0.103. The van der Waals surface area contributed by atoms with Crippen LogP contribution in [0.3, 0.4) is 0 Å². The van der Waals surface area contributed by atoms with E-state index in [0.717, 1.165) is 11.1 Å². The minimum atomic E-state index is -0.833.